The highest BCUT2D eigenvalue weighted by Crippen LogP contribution is 2.19. The maximum absolute atomic E-state index is 11.3. The predicted molar refractivity (Wildman–Crippen MR) is 79.4 cm³/mol. The van der Waals surface area contributed by atoms with E-state index >= 15 is 0 Å². The van der Waals surface area contributed by atoms with Gasteiger partial charge in [-0.15, -0.1) is 0 Å². The summed E-state index contributed by atoms with van der Waals surface area (Å²) in [6.07, 6.45) is 5.82. The van der Waals surface area contributed by atoms with E-state index in [9.17, 15) is 8.42 Å². The number of nitrogens with zero attached hydrogens (tertiary/aromatic N) is 2. The smallest absolute Gasteiger partial charge is 0.154 e. The van der Waals surface area contributed by atoms with Crippen LogP contribution in [0, 0.1) is 13.8 Å². The predicted octanol–water partition coefficient (Wildman–Crippen LogP) is 1.32. The first-order valence-corrected chi connectivity index (χ1v) is 9.15. The van der Waals surface area contributed by atoms with Gasteiger partial charge in [0.25, 0.3) is 0 Å². The minimum atomic E-state index is -3.08. The molecule has 0 atom stereocenters. The molecule has 1 N–H and O–H groups in total. The normalized spacial score (nSPS) is 15.6. The average Bonchev–Trinajstić information content (AvgIpc) is 3.08. The third-order valence-electron chi connectivity index (χ3n) is 3.47. The van der Waals surface area contributed by atoms with Gasteiger partial charge in [-0.05, 0) is 51.6 Å². The van der Waals surface area contributed by atoms with E-state index in [1.807, 2.05) is 13.8 Å². The topological polar surface area (TPSA) is 72.0 Å². The fraction of sp³-hybridized carbons (Fsp3) is 0.714. The first kappa shape index (κ1) is 15.4. The summed E-state index contributed by atoms with van der Waals surface area (Å²) in [6, 6.07) is 0.741. The largest absolute Gasteiger partial charge is 0.314 e. The summed E-state index contributed by atoms with van der Waals surface area (Å²) in [5, 5.41) is 3.49. The summed E-state index contributed by atoms with van der Waals surface area (Å²) in [5.41, 5.74) is 2.96. The number of rotatable bonds is 7. The second-order valence-electron chi connectivity index (χ2n) is 5.69. The van der Waals surface area contributed by atoms with Gasteiger partial charge in [0.2, 0.25) is 0 Å². The van der Waals surface area contributed by atoms with Crippen LogP contribution in [0.25, 0.3) is 0 Å². The van der Waals surface area contributed by atoms with Crippen LogP contribution in [-0.2, 0) is 22.0 Å². The molecule has 1 saturated carbocycles. The van der Waals surface area contributed by atoms with E-state index in [4.69, 9.17) is 0 Å². The number of hydrogen-bond donors (Lipinski definition) is 1. The Morgan fingerprint density at radius 1 is 1.20 bits per heavy atom. The monoisotopic (exact) mass is 297 g/mol. The highest BCUT2D eigenvalue weighted by molar-refractivity contribution is 7.89. The molecule has 5 nitrogen and oxygen atoms in total. The zero-order valence-electron chi connectivity index (χ0n) is 12.4. The third-order valence-corrected chi connectivity index (χ3v) is 4.25. The van der Waals surface area contributed by atoms with Crippen LogP contribution in [0.3, 0.4) is 0 Å². The Bertz CT molecular complexity index is 557. The zero-order chi connectivity index (χ0) is 14.8. The lowest BCUT2D eigenvalue weighted by molar-refractivity contribution is 0.599. The van der Waals surface area contributed by atoms with Crippen molar-refractivity contribution in [3.8, 4) is 0 Å². The van der Waals surface area contributed by atoms with Crippen LogP contribution >= 0.6 is 0 Å². The van der Waals surface area contributed by atoms with Gasteiger partial charge in [0.1, 0.15) is 11.6 Å². The molecular formula is C14H23N3O2S. The maximum atomic E-state index is 11.3. The molecule has 0 amide bonds. The second kappa shape index (κ2) is 6.18. The summed E-state index contributed by atoms with van der Waals surface area (Å²) in [4.78, 5) is 8.67. The van der Waals surface area contributed by atoms with Gasteiger partial charge < -0.3 is 5.32 Å². The molecule has 6 heteroatoms. The minimum Gasteiger partial charge on any atom is -0.314 e. The highest BCUT2D eigenvalue weighted by Gasteiger charge is 2.19. The molecule has 1 aromatic rings. The Morgan fingerprint density at radius 3 is 2.30 bits per heavy atom. The molecule has 0 radical (unpaired) electrons. The average molecular weight is 297 g/mol. The van der Waals surface area contributed by atoms with Crippen LogP contribution in [-0.4, -0.2) is 37.2 Å². The molecule has 2 rings (SSSR count). The molecule has 0 spiro atoms. The van der Waals surface area contributed by atoms with Gasteiger partial charge in [-0.3, -0.25) is 0 Å². The fourth-order valence-corrected chi connectivity index (χ4v) is 2.93. The van der Waals surface area contributed by atoms with Crippen LogP contribution in [0.1, 0.15) is 42.0 Å². The molecular weight excluding hydrogens is 274 g/mol. The van der Waals surface area contributed by atoms with Crippen LogP contribution in [0.4, 0.5) is 0 Å². The third kappa shape index (κ3) is 4.83. The Labute approximate surface area is 121 Å². The molecule has 0 aromatic carbocycles. The summed E-state index contributed by atoms with van der Waals surface area (Å²) < 4.78 is 22.6. The van der Waals surface area contributed by atoms with Gasteiger partial charge in [0.15, 0.2) is 9.84 Å². The molecule has 0 unspecified atom stereocenters. The van der Waals surface area contributed by atoms with Crippen molar-refractivity contribution in [3.05, 3.63) is 22.8 Å². The lowest BCUT2D eigenvalue weighted by atomic mass is 10.1. The van der Waals surface area contributed by atoms with Gasteiger partial charge in [0, 0.05) is 23.7 Å². The molecule has 1 fully saturated rings. The van der Waals surface area contributed by atoms with Crippen LogP contribution in [0.2, 0.25) is 0 Å². The lowest BCUT2D eigenvalue weighted by Crippen LogP contribution is -2.18. The van der Waals surface area contributed by atoms with Crippen LogP contribution < -0.4 is 5.32 Å². The SMILES string of the molecule is Cc1nc(CS(C)(=O)=O)nc(C)c1CCCNC1CC1. The number of sulfone groups is 1. The molecule has 112 valence electrons. The first-order valence-electron chi connectivity index (χ1n) is 7.09. The Balaban J connectivity index is 1.97. The first-order chi connectivity index (χ1) is 9.35. The summed E-state index contributed by atoms with van der Waals surface area (Å²) in [7, 11) is -3.08. The van der Waals surface area contributed by atoms with E-state index in [2.05, 4.69) is 15.3 Å². The van der Waals surface area contributed by atoms with Crippen molar-refractivity contribution in [1.29, 1.82) is 0 Å². The zero-order valence-corrected chi connectivity index (χ0v) is 13.3. The van der Waals surface area contributed by atoms with Gasteiger partial charge in [-0.2, -0.15) is 0 Å². The highest BCUT2D eigenvalue weighted by atomic mass is 32.2. The van der Waals surface area contributed by atoms with E-state index in [0.29, 0.717) is 5.82 Å². The van der Waals surface area contributed by atoms with E-state index in [-0.39, 0.29) is 5.75 Å². The molecule has 1 heterocycles. The molecule has 1 aromatic heterocycles. The summed E-state index contributed by atoms with van der Waals surface area (Å²) in [6.45, 7) is 4.89. The van der Waals surface area contributed by atoms with Gasteiger partial charge >= 0.3 is 0 Å². The van der Waals surface area contributed by atoms with Crippen molar-refractivity contribution >= 4 is 9.84 Å². The van der Waals surface area contributed by atoms with Crippen molar-refractivity contribution in [2.45, 2.75) is 51.3 Å². The maximum Gasteiger partial charge on any atom is 0.154 e. The van der Waals surface area contributed by atoms with Gasteiger partial charge in [0.05, 0.1) is 0 Å². The van der Waals surface area contributed by atoms with Crippen molar-refractivity contribution in [3.63, 3.8) is 0 Å². The minimum absolute atomic E-state index is 0.0851. The van der Waals surface area contributed by atoms with E-state index in [1.54, 1.807) is 0 Å². The number of aryl methyl sites for hydroxylation is 2. The van der Waals surface area contributed by atoms with Gasteiger partial charge in [-0.25, -0.2) is 18.4 Å². The quantitative estimate of drug-likeness (QED) is 0.769. The lowest BCUT2D eigenvalue weighted by Gasteiger charge is -2.11. The molecule has 0 saturated heterocycles. The molecule has 0 bridgehead atoms. The Hall–Kier alpha value is -1.01. The summed E-state index contributed by atoms with van der Waals surface area (Å²) >= 11 is 0. The Morgan fingerprint density at radius 2 is 1.80 bits per heavy atom. The summed E-state index contributed by atoms with van der Waals surface area (Å²) in [5.74, 6) is 0.320. The second-order valence-corrected chi connectivity index (χ2v) is 7.83. The Kier molecular flexibility index (Phi) is 4.75. The van der Waals surface area contributed by atoms with Crippen molar-refractivity contribution in [2.75, 3.05) is 12.8 Å². The van der Waals surface area contributed by atoms with Gasteiger partial charge in [-0.1, -0.05) is 0 Å². The van der Waals surface area contributed by atoms with E-state index in [1.165, 1.54) is 19.1 Å². The number of hydrogen-bond acceptors (Lipinski definition) is 5. The molecule has 1 aliphatic rings. The van der Waals surface area contributed by atoms with E-state index < -0.39 is 9.84 Å². The molecule has 20 heavy (non-hydrogen) atoms. The van der Waals surface area contributed by atoms with Crippen molar-refractivity contribution in [2.24, 2.45) is 0 Å². The van der Waals surface area contributed by atoms with Crippen LogP contribution in [0.5, 0.6) is 0 Å². The van der Waals surface area contributed by atoms with Crippen molar-refractivity contribution in [1.82, 2.24) is 15.3 Å². The molecule has 1 aliphatic carbocycles. The fourth-order valence-electron chi connectivity index (χ4n) is 2.33. The number of aromatic nitrogens is 2. The molecule has 0 aliphatic heterocycles. The number of nitrogens with one attached hydrogen (secondary N) is 1. The van der Waals surface area contributed by atoms with E-state index in [0.717, 1.165) is 42.4 Å². The standard InChI is InChI=1S/C14H23N3O2S/c1-10-13(5-4-8-15-12-6-7-12)11(2)17-14(16-10)9-20(3,18)19/h12,15H,4-9H2,1-3H3. The van der Waals surface area contributed by atoms with Crippen molar-refractivity contribution < 1.29 is 8.42 Å². The van der Waals surface area contributed by atoms with Crippen LogP contribution in [0.15, 0.2) is 0 Å².